The van der Waals surface area contributed by atoms with Crippen molar-refractivity contribution in [1.82, 2.24) is 10.3 Å². The number of hydrogen-bond donors (Lipinski definition) is 3. The molecular weight excluding hydrogens is 314 g/mol. The molecule has 2 rings (SSSR count). The number of aromatic nitrogens is 1. The van der Waals surface area contributed by atoms with Gasteiger partial charge >= 0.3 is 6.09 Å². The molecule has 1 aliphatic carbocycles. The Kier molecular flexibility index (Phi) is 6.80. The van der Waals surface area contributed by atoms with E-state index in [2.05, 4.69) is 4.98 Å². The van der Waals surface area contributed by atoms with Crippen LogP contribution in [0.2, 0.25) is 0 Å². The number of aromatic hydroxyl groups is 1. The van der Waals surface area contributed by atoms with Crippen molar-refractivity contribution in [2.45, 2.75) is 38.5 Å². The van der Waals surface area contributed by atoms with E-state index in [4.69, 9.17) is 15.2 Å². The Morgan fingerprint density at radius 2 is 2.08 bits per heavy atom. The van der Waals surface area contributed by atoms with Crippen LogP contribution < -0.4 is 20.5 Å². The minimum atomic E-state index is -1.06. The van der Waals surface area contributed by atoms with Crippen LogP contribution in [0.4, 0.5) is 4.79 Å². The van der Waals surface area contributed by atoms with E-state index < -0.39 is 12.0 Å². The second kappa shape index (κ2) is 9.07. The quantitative estimate of drug-likeness (QED) is 0.722. The molecule has 0 spiro atoms. The summed E-state index contributed by atoms with van der Waals surface area (Å²) in [6.07, 6.45) is 7.47. The fourth-order valence-corrected chi connectivity index (χ4v) is 2.70. The Hall–Kier alpha value is -2.35. The van der Waals surface area contributed by atoms with Gasteiger partial charge in [-0.15, -0.1) is 0 Å². The standard InChI is InChI=1S/C16H23N3O5/c17-10-13(20)19-16(22)24-15-14(21)12(6-8-18-15)23-9-7-11-4-2-1-3-5-11/h6,8,11,21H,1-5,7,9-10,17H2,(H,19,20,22). The maximum Gasteiger partial charge on any atom is 0.420 e. The zero-order valence-electron chi connectivity index (χ0n) is 13.5. The summed E-state index contributed by atoms with van der Waals surface area (Å²) in [5, 5.41) is 12.0. The number of hydrogen-bond acceptors (Lipinski definition) is 7. The largest absolute Gasteiger partial charge is 0.501 e. The third-order valence-corrected chi connectivity index (χ3v) is 3.98. The molecule has 1 aliphatic rings. The van der Waals surface area contributed by atoms with Gasteiger partial charge in [-0.1, -0.05) is 32.1 Å². The molecule has 1 saturated carbocycles. The van der Waals surface area contributed by atoms with Gasteiger partial charge in [0.25, 0.3) is 5.88 Å². The third kappa shape index (κ3) is 5.38. The minimum Gasteiger partial charge on any atom is -0.501 e. The molecule has 1 fully saturated rings. The number of imide groups is 1. The van der Waals surface area contributed by atoms with Crippen LogP contribution in [0.25, 0.3) is 0 Å². The smallest absolute Gasteiger partial charge is 0.420 e. The van der Waals surface area contributed by atoms with E-state index in [1.54, 1.807) is 0 Å². The summed E-state index contributed by atoms with van der Waals surface area (Å²) in [5.74, 6) is -0.552. The summed E-state index contributed by atoms with van der Waals surface area (Å²) in [4.78, 5) is 26.2. The number of carbonyl (C=O) groups excluding carboxylic acids is 2. The van der Waals surface area contributed by atoms with Crippen molar-refractivity contribution in [2.24, 2.45) is 11.7 Å². The summed E-state index contributed by atoms with van der Waals surface area (Å²) in [6.45, 7) is 0.123. The lowest BCUT2D eigenvalue weighted by Gasteiger charge is -2.21. The van der Waals surface area contributed by atoms with Crippen molar-refractivity contribution < 1.29 is 24.2 Å². The number of pyridine rings is 1. The van der Waals surface area contributed by atoms with Crippen LogP contribution in [-0.2, 0) is 4.79 Å². The number of nitrogens with zero attached hydrogens (tertiary/aromatic N) is 1. The number of amides is 2. The van der Waals surface area contributed by atoms with Crippen LogP contribution in [0.15, 0.2) is 12.3 Å². The van der Waals surface area contributed by atoms with Gasteiger partial charge in [0.2, 0.25) is 11.7 Å². The van der Waals surface area contributed by atoms with Gasteiger partial charge < -0.3 is 20.3 Å². The lowest BCUT2D eigenvalue weighted by molar-refractivity contribution is -0.118. The van der Waals surface area contributed by atoms with Crippen LogP contribution in [0.3, 0.4) is 0 Å². The van der Waals surface area contributed by atoms with Crippen LogP contribution >= 0.6 is 0 Å². The van der Waals surface area contributed by atoms with Gasteiger partial charge in [-0.05, 0) is 12.3 Å². The van der Waals surface area contributed by atoms with Crippen molar-refractivity contribution in [3.05, 3.63) is 12.3 Å². The molecule has 8 heteroatoms. The summed E-state index contributed by atoms with van der Waals surface area (Å²) in [6, 6.07) is 1.49. The number of carbonyl (C=O) groups is 2. The molecule has 0 atom stereocenters. The molecule has 0 saturated heterocycles. The van der Waals surface area contributed by atoms with E-state index in [1.807, 2.05) is 5.32 Å². The average Bonchev–Trinajstić information content (AvgIpc) is 2.59. The van der Waals surface area contributed by atoms with Crippen molar-refractivity contribution in [1.29, 1.82) is 0 Å². The maximum absolute atomic E-state index is 11.5. The molecule has 0 aromatic carbocycles. The molecule has 1 aromatic heterocycles. The Labute approximate surface area is 140 Å². The second-order valence-corrected chi connectivity index (χ2v) is 5.75. The van der Waals surface area contributed by atoms with Gasteiger partial charge in [0.1, 0.15) is 0 Å². The SMILES string of the molecule is NCC(=O)NC(=O)Oc1nccc(OCCC2CCCCC2)c1O. The first kappa shape index (κ1) is 18.0. The predicted octanol–water partition coefficient (Wildman–Crippen LogP) is 1.71. The molecule has 8 nitrogen and oxygen atoms in total. The number of nitrogens with two attached hydrogens (primary N) is 1. The van der Waals surface area contributed by atoms with Crippen LogP contribution in [0, 0.1) is 5.92 Å². The van der Waals surface area contributed by atoms with Crippen LogP contribution in [0.1, 0.15) is 38.5 Å². The molecule has 0 bridgehead atoms. The normalized spacial score (nSPS) is 14.9. The highest BCUT2D eigenvalue weighted by atomic mass is 16.6. The average molecular weight is 337 g/mol. The topological polar surface area (TPSA) is 124 Å². The van der Waals surface area contributed by atoms with Gasteiger partial charge in [0.05, 0.1) is 13.2 Å². The monoisotopic (exact) mass is 337 g/mol. The van der Waals surface area contributed by atoms with E-state index >= 15 is 0 Å². The Morgan fingerprint density at radius 1 is 1.33 bits per heavy atom. The van der Waals surface area contributed by atoms with Gasteiger partial charge in [-0.2, -0.15) is 0 Å². The second-order valence-electron chi connectivity index (χ2n) is 5.75. The van der Waals surface area contributed by atoms with E-state index in [0.717, 1.165) is 6.42 Å². The number of ether oxygens (including phenoxy) is 2. The Morgan fingerprint density at radius 3 is 2.79 bits per heavy atom. The van der Waals surface area contributed by atoms with Gasteiger partial charge in [-0.25, -0.2) is 9.78 Å². The minimum absolute atomic E-state index is 0.189. The molecule has 1 heterocycles. The summed E-state index contributed by atoms with van der Waals surface area (Å²) < 4.78 is 10.4. The summed E-state index contributed by atoms with van der Waals surface area (Å²) in [5.41, 5.74) is 5.08. The molecule has 0 radical (unpaired) electrons. The highest BCUT2D eigenvalue weighted by Crippen LogP contribution is 2.34. The van der Waals surface area contributed by atoms with Crippen LogP contribution in [-0.4, -0.2) is 35.2 Å². The van der Waals surface area contributed by atoms with Gasteiger partial charge in [-0.3, -0.25) is 10.1 Å². The summed E-state index contributed by atoms with van der Waals surface area (Å²) >= 11 is 0. The Bertz CT molecular complexity index is 573. The number of rotatable bonds is 6. The molecule has 132 valence electrons. The van der Waals surface area contributed by atoms with Crippen molar-refractivity contribution in [3.63, 3.8) is 0 Å². The maximum atomic E-state index is 11.5. The van der Waals surface area contributed by atoms with Crippen molar-refractivity contribution >= 4 is 12.0 Å². The molecule has 4 N–H and O–H groups in total. The highest BCUT2D eigenvalue weighted by molar-refractivity contribution is 5.93. The van der Waals surface area contributed by atoms with E-state index in [0.29, 0.717) is 12.5 Å². The molecule has 2 amide bonds. The molecule has 0 aliphatic heterocycles. The lowest BCUT2D eigenvalue weighted by atomic mass is 9.87. The fraction of sp³-hybridized carbons (Fsp3) is 0.562. The number of nitrogens with one attached hydrogen (secondary N) is 1. The van der Waals surface area contributed by atoms with Crippen molar-refractivity contribution in [2.75, 3.05) is 13.2 Å². The molecule has 1 aromatic rings. The highest BCUT2D eigenvalue weighted by Gasteiger charge is 2.17. The third-order valence-electron chi connectivity index (χ3n) is 3.98. The predicted molar refractivity (Wildman–Crippen MR) is 85.8 cm³/mol. The van der Waals surface area contributed by atoms with Gasteiger partial charge in [0, 0.05) is 12.3 Å². The zero-order valence-corrected chi connectivity index (χ0v) is 13.5. The fourth-order valence-electron chi connectivity index (χ4n) is 2.70. The van der Waals surface area contributed by atoms with Gasteiger partial charge in [0.15, 0.2) is 5.75 Å². The van der Waals surface area contributed by atoms with Crippen LogP contribution in [0.5, 0.6) is 17.4 Å². The molecule has 0 unspecified atom stereocenters. The first-order chi connectivity index (χ1) is 11.6. The molecular formula is C16H23N3O5. The lowest BCUT2D eigenvalue weighted by Crippen LogP contribution is -2.37. The van der Waals surface area contributed by atoms with E-state index in [9.17, 15) is 14.7 Å². The molecule has 24 heavy (non-hydrogen) atoms. The Balaban J connectivity index is 1.87. The summed E-state index contributed by atoms with van der Waals surface area (Å²) in [7, 11) is 0. The van der Waals surface area contributed by atoms with E-state index in [1.165, 1.54) is 44.4 Å². The first-order valence-corrected chi connectivity index (χ1v) is 8.12. The van der Waals surface area contributed by atoms with E-state index in [-0.39, 0.29) is 23.9 Å². The van der Waals surface area contributed by atoms with Crippen molar-refractivity contribution in [3.8, 4) is 17.4 Å². The first-order valence-electron chi connectivity index (χ1n) is 8.12. The zero-order chi connectivity index (χ0) is 17.4.